The number of halogens is 2. The van der Waals surface area contributed by atoms with Crippen LogP contribution >= 0.6 is 0 Å². The summed E-state index contributed by atoms with van der Waals surface area (Å²) in [4.78, 5) is 12.8. The number of carbonyl (C=O) groups is 1. The number of benzene rings is 2. The molecule has 3 rings (SSSR count). The molecular weight excluding hydrogens is 354 g/mol. The predicted octanol–water partition coefficient (Wildman–Crippen LogP) is 2.86. The number of nitrogens with one attached hydrogen (secondary N) is 2. The number of ether oxygens (including phenoxy) is 2. The summed E-state index contributed by atoms with van der Waals surface area (Å²) in [6.45, 7) is 1.28. The van der Waals surface area contributed by atoms with E-state index in [0.717, 1.165) is 12.6 Å². The molecule has 2 N–H and O–H groups in total. The second-order valence-corrected chi connectivity index (χ2v) is 6.45. The molecule has 1 heterocycles. The van der Waals surface area contributed by atoms with Crippen molar-refractivity contribution in [2.45, 2.75) is 18.4 Å². The summed E-state index contributed by atoms with van der Waals surface area (Å²) in [5.41, 5.74) is 1.07. The zero-order chi connectivity index (χ0) is 19.4. The van der Waals surface area contributed by atoms with Crippen LogP contribution in [-0.2, 0) is 0 Å². The highest BCUT2D eigenvalue weighted by molar-refractivity contribution is 5.95. The van der Waals surface area contributed by atoms with E-state index in [2.05, 4.69) is 10.6 Å². The molecule has 27 heavy (non-hydrogen) atoms. The molecule has 1 aliphatic rings. The van der Waals surface area contributed by atoms with Gasteiger partial charge in [-0.3, -0.25) is 4.79 Å². The lowest BCUT2D eigenvalue weighted by Gasteiger charge is -2.33. The van der Waals surface area contributed by atoms with Crippen molar-refractivity contribution in [2.24, 2.45) is 0 Å². The van der Waals surface area contributed by atoms with E-state index in [1.165, 1.54) is 20.3 Å². The van der Waals surface area contributed by atoms with Gasteiger partial charge in [-0.15, -0.1) is 0 Å². The molecule has 0 aromatic heterocycles. The summed E-state index contributed by atoms with van der Waals surface area (Å²) in [5, 5.41) is 6.22. The molecule has 2 atom stereocenters. The summed E-state index contributed by atoms with van der Waals surface area (Å²) in [6, 6.07) is 8.58. The van der Waals surface area contributed by atoms with Crippen LogP contribution in [0.2, 0.25) is 0 Å². The molecule has 1 aliphatic heterocycles. The van der Waals surface area contributed by atoms with Crippen molar-refractivity contribution in [1.29, 1.82) is 0 Å². The average molecular weight is 376 g/mol. The Morgan fingerprint density at radius 3 is 2.41 bits per heavy atom. The molecule has 1 saturated heterocycles. The molecule has 0 bridgehead atoms. The van der Waals surface area contributed by atoms with E-state index in [4.69, 9.17) is 9.47 Å². The molecule has 1 amide bonds. The molecule has 0 radical (unpaired) electrons. The summed E-state index contributed by atoms with van der Waals surface area (Å²) >= 11 is 0. The minimum absolute atomic E-state index is 0.113. The van der Waals surface area contributed by atoms with Gasteiger partial charge in [0, 0.05) is 30.1 Å². The van der Waals surface area contributed by atoms with Crippen molar-refractivity contribution in [3.63, 3.8) is 0 Å². The predicted molar refractivity (Wildman–Crippen MR) is 97.4 cm³/mol. The van der Waals surface area contributed by atoms with Crippen LogP contribution in [0.15, 0.2) is 36.4 Å². The van der Waals surface area contributed by atoms with Gasteiger partial charge in [0.1, 0.15) is 11.5 Å². The van der Waals surface area contributed by atoms with E-state index in [0.29, 0.717) is 35.6 Å². The molecule has 7 heteroatoms. The number of amides is 1. The van der Waals surface area contributed by atoms with Gasteiger partial charge in [-0.05, 0) is 42.8 Å². The van der Waals surface area contributed by atoms with Gasteiger partial charge in [0.25, 0.3) is 5.91 Å². The highest BCUT2D eigenvalue weighted by Crippen LogP contribution is 2.28. The first kappa shape index (κ1) is 19.1. The zero-order valence-corrected chi connectivity index (χ0v) is 15.2. The van der Waals surface area contributed by atoms with Crippen LogP contribution < -0.4 is 20.1 Å². The molecule has 0 saturated carbocycles. The summed E-state index contributed by atoms with van der Waals surface area (Å²) in [7, 11) is 3.03. The maximum absolute atomic E-state index is 13.6. The Labute approximate surface area is 156 Å². The number of methoxy groups -OCH3 is 2. The number of carbonyl (C=O) groups excluding carboxylic acids is 1. The molecular formula is C20H22F2N2O3. The summed E-state index contributed by atoms with van der Waals surface area (Å²) in [5.74, 6) is -1.13. The Hall–Kier alpha value is -2.67. The molecule has 0 spiro atoms. The van der Waals surface area contributed by atoms with Gasteiger partial charge >= 0.3 is 0 Å². The largest absolute Gasteiger partial charge is 0.497 e. The van der Waals surface area contributed by atoms with Crippen molar-refractivity contribution in [3.05, 3.63) is 59.2 Å². The minimum atomic E-state index is -0.881. The first-order chi connectivity index (χ1) is 13.0. The first-order valence-corrected chi connectivity index (χ1v) is 8.71. The Bertz CT molecular complexity index is 807. The van der Waals surface area contributed by atoms with E-state index < -0.39 is 11.6 Å². The van der Waals surface area contributed by atoms with E-state index in [1.807, 2.05) is 0 Å². The van der Waals surface area contributed by atoms with Crippen LogP contribution in [-0.4, -0.2) is 39.3 Å². The van der Waals surface area contributed by atoms with Crippen LogP contribution in [0.4, 0.5) is 8.78 Å². The third-order valence-electron chi connectivity index (χ3n) is 4.78. The van der Waals surface area contributed by atoms with Gasteiger partial charge in [0.2, 0.25) is 0 Å². The van der Waals surface area contributed by atoms with E-state index in [-0.39, 0.29) is 17.9 Å². The van der Waals surface area contributed by atoms with Gasteiger partial charge in [0.05, 0.1) is 14.2 Å². The fourth-order valence-corrected chi connectivity index (χ4v) is 3.34. The molecule has 1 fully saturated rings. The van der Waals surface area contributed by atoms with Crippen molar-refractivity contribution >= 4 is 5.91 Å². The average Bonchev–Trinajstić information content (AvgIpc) is 2.70. The molecule has 144 valence electrons. The first-order valence-electron chi connectivity index (χ1n) is 8.71. The van der Waals surface area contributed by atoms with Crippen molar-refractivity contribution in [2.75, 3.05) is 27.3 Å². The normalized spacial score (nSPS) is 19.4. The molecule has 2 aromatic rings. The van der Waals surface area contributed by atoms with E-state index >= 15 is 0 Å². The lowest BCUT2D eigenvalue weighted by molar-refractivity contribution is 0.0923. The van der Waals surface area contributed by atoms with Gasteiger partial charge in [-0.25, -0.2) is 8.78 Å². The highest BCUT2D eigenvalue weighted by Gasteiger charge is 2.29. The van der Waals surface area contributed by atoms with Crippen LogP contribution in [0.5, 0.6) is 11.5 Å². The maximum Gasteiger partial charge on any atom is 0.251 e. The quantitative estimate of drug-likeness (QED) is 0.843. The monoisotopic (exact) mass is 376 g/mol. The second-order valence-electron chi connectivity index (χ2n) is 6.45. The van der Waals surface area contributed by atoms with Crippen molar-refractivity contribution < 1.29 is 23.0 Å². The van der Waals surface area contributed by atoms with E-state index in [1.54, 1.807) is 24.3 Å². The standard InChI is InChI=1S/C20H22F2N2O3/c1-26-14-7-13(8-15(10-14)27-2)20(25)24-19-11-23-6-5-16(19)12-3-4-17(21)18(22)9-12/h3-4,7-10,16,19,23H,5-6,11H2,1-2H3,(H,24,25). The SMILES string of the molecule is COc1cc(OC)cc(C(=O)NC2CNCCC2c2ccc(F)c(F)c2)c1. The fourth-order valence-electron chi connectivity index (χ4n) is 3.34. The maximum atomic E-state index is 13.6. The lowest BCUT2D eigenvalue weighted by Crippen LogP contribution is -2.50. The van der Waals surface area contributed by atoms with Gasteiger partial charge in [0.15, 0.2) is 11.6 Å². The Morgan fingerprint density at radius 1 is 1.07 bits per heavy atom. The minimum Gasteiger partial charge on any atom is -0.497 e. The van der Waals surface area contributed by atoms with Crippen LogP contribution in [0, 0.1) is 11.6 Å². The summed E-state index contributed by atoms with van der Waals surface area (Å²) < 4.78 is 37.3. The van der Waals surface area contributed by atoms with Crippen LogP contribution in [0.25, 0.3) is 0 Å². The van der Waals surface area contributed by atoms with E-state index in [9.17, 15) is 13.6 Å². The number of rotatable bonds is 5. The fraction of sp³-hybridized carbons (Fsp3) is 0.350. The third kappa shape index (κ3) is 4.36. The Kier molecular flexibility index (Phi) is 5.91. The number of piperidine rings is 1. The number of hydrogen-bond donors (Lipinski definition) is 2. The smallest absolute Gasteiger partial charge is 0.251 e. The topological polar surface area (TPSA) is 59.6 Å². The highest BCUT2D eigenvalue weighted by atomic mass is 19.2. The molecule has 2 aromatic carbocycles. The van der Waals surface area contributed by atoms with Gasteiger partial charge in [-0.1, -0.05) is 6.07 Å². The molecule has 0 aliphatic carbocycles. The molecule has 5 nitrogen and oxygen atoms in total. The lowest BCUT2D eigenvalue weighted by atomic mass is 9.85. The van der Waals surface area contributed by atoms with Gasteiger partial charge < -0.3 is 20.1 Å². The van der Waals surface area contributed by atoms with Crippen molar-refractivity contribution in [3.8, 4) is 11.5 Å². The van der Waals surface area contributed by atoms with Gasteiger partial charge in [-0.2, -0.15) is 0 Å². The summed E-state index contributed by atoms with van der Waals surface area (Å²) in [6.07, 6.45) is 0.706. The van der Waals surface area contributed by atoms with Crippen molar-refractivity contribution in [1.82, 2.24) is 10.6 Å². The zero-order valence-electron chi connectivity index (χ0n) is 15.2. The van der Waals surface area contributed by atoms with Crippen LogP contribution in [0.1, 0.15) is 28.3 Å². The van der Waals surface area contributed by atoms with Crippen LogP contribution in [0.3, 0.4) is 0 Å². The number of hydrogen-bond acceptors (Lipinski definition) is 4. The third-order valence-corrected chi connectivity index (χ3v) is 4.78. The molecule has 2 unspecified atom stereocenters. The second kappa shape index (κ2) is 8.35. The Balaban J connectivity index is 1.81. The Morgan fingerprint density at radius 2 is 1.78 bits per heavy atom.